The van der Waals surface area contributed by atoms with Crippen molar-refractivity contribution >= 4 is 15.8 Å². The molecular weight excluding hydrogens is 342 g/mol. The van der Waals surface area contributed by atoms with Gasteiger partial charge in [0.05, 0.1) is 11.4 Å². The van der Waals surface area contributed by atoms with Gasteiger partial charge < -0.3 is 4.74 Å². The molecule has 8 heteroatoms. The predicted octanol–water partition coefficient (Wildman–Crippen LogP) is 1.91. The monoisotopic (exact) mass is 361 g/mol. The lowest BCUT2D eigenvalue weighted by molar-refractivity contribution is 0.101. The van der Waals surface area contributed by atoms with Gasteiger partial charge in [-0.3, -0.25) is 4.79 Å². The molecule has 0 spiro atoms. The van der Waals surface area contributed by atoms with Crippen LogP contribution in [0, 0.1) is 0 Å². The van der Waals surface area contributed by atoms with Gasteiger partial charge in [0.2, 0.25) is 15.9 Å². The molecule has 1 aromatic carbocycles. The third-order valence-corrected chi connectivity index (χ3v) is 5.95. The number of carbonyl (C=O) groups is 1. The summed E-state index contributed by atoms with van der Waals surface area (Å²) in [6, 6.07) is 9.43. The van der Waals surface area contributed by atoms with E-state index in [1.165, 1.54) is 35.5 Å². The van der Waals surface area contributed by atoms with Crippen molar-refractivity contribution in [2.24, 2.45) is 0 Å². The van der Waals surface area contributed by atoms with Crippen LogP contribution in [0.4, 0.5) is 0 Å². The van der Waals surface area contributed by atoms with E-state index in [0.717, 1.165) is 6.42 Å². The van der Waals surface area contributed by atoms with Crippen LogP contribution in [0.25, 0.3) is 0 Å². The second-order valence-corrected chi connectivity index (χ2v) is 7.83. The Morgan fingerprint density at radius 2 is 2.00 bits per heavy atom. The lowest BCUT2D eigenvalue weighted by atomic mass is 10.1. The molecule has 1 saturated heterocycles. The number of carbonyl (C=O) groups excluding carboxylic acids is 1. The highest BCUT2D eigenvalue weighted by molar-refractivity contribution is 7.89. The van der Waals surface area contributed by atoms with Crippen LogP contribution in [-0.2, 0) is 10.0 Å². The van der Waals surface area contributed by atoms with E-state index in [1.807, 2.05) is 0 Å². The van der Waals surface area contributed by atoms with Crippen LogP contribution >= 0.6 is 0 Å². The van der Waals surface area contributed by atoms with E-state index >= 15 is 0 Å². The number of ether oxygens (including phenoxy) is 1. The number of hydrogen-bond acceptors (Lipinski definition) is 6. The Bertz CT molecular complexity index is 838. The first-order valence-corrected chi connectivity index (χ1v) is 9.46. The van der Waals surface area contributed by atoms with Crippen molar-refractivity contribution in [1.29, 1.82) is 0 Å². The SMILES string of the molecule is CC(=O)c1ccc(S(=O)(=O)N2CCCC(Oc3cccnn3)C2)cc1. The summed E-state index contributed by atoms with van der Waals surface area (Å²) in [4.78, 5) is 11.5. The summed E-state index contributed by atoms with van der Waals surface area (Å²) in [5.41, 5.74) is 0.487. The topological polar surface area (TPSA) is 89.5 Å². The highest BCUT2D eigenvalue weighted by atomic mass is 32.2. The molecule has 0 saturated carbocycles. The van der Waals surface area contributed by atoms with Crippen LogP contribution in [0.3, 0.4) is 0 Å². The second kappa shape index (κ2) is 7.28. The minimum atomic E-state index is -3.62. The zero-order valence-corrected chi connectivity index (χ0v) is 14.6. The minimum Gasteiger partial charge on any atom is -0.472 e. The van der Waals surface area contributed by atoms with Crippen LogP contribution in [0.2, 0.25) is 0 Å². The zero-order chi connectivity index (χ0) is 17.9. The Morgan fingerprint density at radius 3 is 2.64 bits per heavy atom. The first kappa shape index (κ1) is 17.5. The molecule has 7 nitrogen and oxygen atoms in total. The Hall–Kier alpha value is -2.32. The van der Waals surface area contributed by atoms with Gasteiger partial charge in [-0.2, -0.15) is 9.40 Å². The van der Waals surface area contributed by atoms with Gasteiger partial charge >= 0.3 is 0 Å². The molecule has 0 amide bonds. The maximum absolute atomic E-state index is 12.8. The van der Waals surface area contributed by atoms with E-state index in [2.05, 4.69) is 10.2 Å². The lowest BCUT2D eigenvalue weighted by Crippen LogP contribution is -2.44. The number of aromatic nitrogens is 2. The fourth-order valence-corrected chi connectivity index (χ4v) is 4.26. The molecule has 1 aliphatic rings. The summed E-state index contributed by atoms with van der Waals surface area (Å²) >= 11 is 0. The van der Waals surface area contributed by atoms with Crippen LogP contribution in [-0.4, -0.2) is 47.9 Å². The van der Waals surface area contributed by atoms with E-state index < -0.39 is 10.0 Å². The number of Topliss-reactive ketones (excluding diaryl/α,β-unsaturated/α-hetero) is 1. The van der Waals surface area contributed by atoms with Crippen molar-refractivity contribution in [2.45, 2.75) is 30.8 Å². The van der Waals surface area contributed by atoms with Crippen molar-refractivity contribution in [3.05, 3.63) is 48.2 Å². The number of ketones is 1. The molecule has 0 radical (unpaired) electrons. The standard InChI is InChI=1S/C17H19N3O4S/c1-13(21)14-6-8-16(9-7-14)25(22,23)20-11-3-4-15(12-20)24-17-5-2-10-18-19-17/h2,5-10,15H,3-4,11-12H2,1H3. The van der Waals surface area contributed by atoms with Crippen molar-refractivity contribution < 1.29 is 17.9 Å². The third kappa shape index (κ3) is 4.02. The molecule has 2 aromatic rings. The molecule has 0 bridgehead atoms. The molecule has 1 atom stereocenters. The van der Waals surface area contributed by atoms with Crippen LogP contribution in [0.5, 0.6) is 5.88 Å². The normalized spacial score (nSPS) is 18.7. The average Bonchev–Trinajstić information content (AvgIpc) is 2.63. The number of nitrogens with zero attached hydrogens (tertiary/aromatic N) is 3. The summed E-state index contributed by atoms with van der Waals surface area (Å²) in [5, 5.41) is 7.63. The summed E-state index contributed by atoms with van der Waals surface area (Å²) in [6.07, 6.45) is 2.74. The molecular formula is C17H19N3O4S. The molecule has 132 valence electrons. The number of rotatable bonds is 5. The summed E-state index contributed by atoms with van der Waals surface area (Å²) in [6.45, 7) is 2.15. The quantitative estimate of drug-likeness (QED) is 0.756. The van der Waals surface area contributed by atoms with Crippen molar-refractivity contribution in [3.8, 4) is 5.88 Å². The predicted molar refractivity (Wildman–Crippen MR) is 90.9 cm³/mol. The Kier molecular flexibility index (Phi) is 5.10. The fourth-order valence-electron chi connectivity index (χ4n) is 2.75. The van der Waals surface area contributed by atoms with Gasteiger partial charge in [0.25, 0.3) is 0 Å². The van der Waals surface area contributed by atoms with Gasteiger partial charge in [-0.05, 0) is 38.0 Å². The number of piperidine rings is 1. The van der Waals surface area contributed by atoms with Gasteiger partial charge in [-0.1, -0.05) is 12.1 Å². The summed E-state index contributed by atoms with van der Waals surface area (Å²) in [7, 11) is -3.62. The van der Waals surface area contributed by atoms with E-state index in [1.54, 1.807) is 18.3 Å². The molecule has 1 aliphatic heterocycles. The van der Waals surface area contributed by atoms with E-state index in [4.69, 9.17) is 4.74 Å². The molecule has 25 heavy (non-hydrogen) atoms. The Labute approximate surface area is 146 Å². The molecule has 2 heterocycles. The highest BCUT2D eigenvalue weighted by Gasteiger charge is 2.31. The summed E-state index contributed by atoms with van der Waals surface area (Å²) < 4.78 is 32.8. The maximum Gasteiger partial charge on any atom is 0.243 e. The van der Waals surface area contributed by atoms with Crippen molar-refractivity contribution in [3.63, 3.8) is 0 Å². The van der Waals surface area contributed by atoms with E-state index in [-0.39, 0.29) is 23.3 Å². The molecule has 1 unspecified atom stereocenters. The fraction of sp³-hybridized carbons (Fsp3) is 0.353. The van der Waals surface area contributed by atoms with E-state index in [0.29, 0.717) is 24.4 Å². The maximum atomic E-state index is 12.8. The highest BCUT2D eigenvalue weighted by Crippen LogP contribution is 2.23. The minimum absolute atomic E-state index is 0.0978. The smallest absolute Gasteiger partial charge is 0.243 e. The molecule has 1 aromatic heterocycles. The molecule has 3 rings (SSSR count). The largest absolute Gasteiger partial charge is 0.472 e. The first-order chi connectivity index (χ1) is 12.0. The van der Waals surface area contributed by atoms with Gasteiger partial charge in [0.15, 0.2) is 5.78 Å². The van der Waals surface area contributed by atoms with Crippen LogP contribution < -0.4 is 4.74 Å². The average molecular weight is 361 g/mol. The number of hydrogen-bond donors (Lipinski definition) is 0. The zero-order valence-electron chi connectivity index (χ0n) is 13.8. The molecule has 0 N–H and O–H groups in total. The Balaban J connectivity index is 1.74. The van der Waals surface area contributed by atoms with Crippen LogP contribution in [0.1, 0.15) is 30.1 Å². The number of sulfonamides is 1. The van der Waals surface area contributed by atoms with E-state index in [9.17, 15) is 13.2 Å². The number of benzene rings is 1. The van der Waals surface area contributed by atoms with Crippen molar-refractivity contribution in [1.82, 2.24) is 14.5 Å². The van der Waals surface area contributed by atoms with Gasteiger partial charge in [0.1, 0.15) is 6.10 Å². The second-order valence-electron chi connectivity index (χ2n) is 5.89. The summed E-state index contributed by atoms with van der Waals surface area (Å²) in [5.74, 6) is 0.289. The Morgan fingerprint density at radius 1 is 1.24 bits per heavy atom. The molecule has 1 fully saturated rings. The third-order valence-electron chi connectivity index (χ3n) is 4.07. The van der Waals surface area contributed by atoms with Crippen molar-refractivity contribution in [2.75, 3.05) is 13.1 Å². The van der Waals surface area contributed by atoms with Gasteiger partial charge in [0, 0.05) is 24.4 Å². The first-order valence-electron chi connectivity index (χ1n) is 8.02. The molecule has 0 aliphatic carbocycles. The van der Waals surface area contributed by atoms with Crippen LogP contribution in [0.15, 0.2) is 47.5 Å². The van der Waals surface area contributed by atoms with Gasteiger partial charge in [-0.15, -0.1) is 5.10 Å². The lowest BCUT2D eigenvalue weighted by Gasteiger charge is -2.31. The van der Waals surface area contributed by atoms with Gasteiger partial charge in [-0.25, -0.2) is 8.42 Å².